The van der Waals surface area contributed by atoms with Crippen molar-refractivity contribution >= 4 is 22.8 Å². The summed E-state index contributed by atoms with van der Waals surface area (Å²) in [6, 6.07) is 7.50. The summed E-state index contributed by atoms with van der Waals surface area (Å²) in [7, 11) is 3.33. The number of nitrogens with two attached hydrogens (primary N) is 1. The standard InChI is InChI=1S/C14H15N7O/c1-17-11-7-8(3-4-10(11)19-16)9-5-6-21-12(9)13(22-2)18-14(15)20-21/h3-7,16-17H,1-2H3,(H2,15,20). The minimum Gasteiger partial charge on any atom is -0.479 e. The average Bonchev–Trinajstić information content (AvgIpc) is 2.96. The van der Waals surface area contributed by atoms with Crippen molar-refractivity contribution in [2.24, 2.45) is 5.11 Å². The zero-order valence-electron chi connectivity index (χ0n) is 12.2. The highest BCUT2D eigenvalue weighted by molar-refractivity contribution is 5.87. The van der Waals surface area contributed by atoms with Crippen LogP contribution in [0.1, 0.15) is 0 Å². The highest BCUT2D eigenvalue weighted by Gasteiger charge is 2.14. The fourth-order valence-corrected chi connectivity index (χ4v) is 2.38. The van der Waals surface area contributed by atoms with Gasteiger partial charge in [-0.3, -0.25) is 0 Å². The molecule has 0 saturated carbocycles. The zero-order chi connectivity index (χ0) is 15.7. The summed E-state index contributed by atoms with van der Waals surface area (Å²) < 4.78 is 6.95. The molecule has 1 aromatic carbocycles. The van der Waals surface area contributed by atoms with Gasteiger partial charge in [-0.2, -0.15) is 10.1 Å². The fraction of sp³-hybridized carbons (Fsp3) is 0.143. The molecule has 3 rings (SSSR count). The lowest BCUT2D eigenvalue weighted by Gasteiger charge is -2.09. The van der Waals surface area contributed by atoms with E-state index in [1.165, 1.54) is 0 Å². The summed E-state index contributed by atoms with van der Waals surface area (Å²) in [6.07, 6.45) is 1.80. The van der Waals surface area contributed by atoms with Crippen LogP contribution in [-0.4, -0.2) is 28.8 Å². The number of nitrogens with one attached hydrogen (secondary N) is 2. The molecule has 4 N–H and O–H groups in total. The summed E-state index contributed by atoms with van der Waals surface area (Å²) >= 11 is 0. The third kappa shape index (κ3) is 2.10. The Bertz CT molecular complexity index is 856. The third-order valence-corrected chi connectivity index (χ3v) is 3.39. The number of fused-ring (bicyclic) bond motifs is 1. The Morgan fingerprint density at radius 3 is 2.86 bits per heavy atom. The molecule has 22 heavy (non-hydrogen) atoms. The molecule has 3 aromatic rings. The van der Waals surface area contributed by atoms with Crippen LogP contribution in [-0.2, 0) is 0 Å². The van der Waals surface area contributed by atoms with Crippen LogP contribution < -0.4 is 15.8 Å². The molecule has 0 bridgehead atoms. The van der Waals surface area contributed by atoms with Crippen molar-refractivity contribution in [3.8, 4) is 17.0 Å². The molecule has 0 atom stereocenters. The molecule has 0 aliphatic rings. The van der Waals surface area contributed by atoms with Crippen molar-refractivity contribution in [1.29, 1.82) is 5.53 Å². The lowest BCUT2D eigenvalue weighted by atomic mass is 10.1. The van der Waals surface area contributed by atoms with E-state index in [-0.39, 0.29) is 5.95 Å². The van der Waals surface area contributed by atoms with Gasteiger partial charge in [0.05, 0.1) is 12.8 Å². The van der Waals surface area contributed by atoms with Crippen molar-refractivity contribution < 1.29 is 4.74 Å². The minimum atomic E-state index is 0.144. The maximum atomic E-state index is 7.18. The molecular formula is C14H15N7O. The molecule has 8 nitrogen and oxygen atoms in total. The highest BCUT2D eigenvalue weighted by Crippen LogP contribution is 2.35. The van der Waals surface area contributed by atoms with Gasteiger partial charge in [-0.25, -0.2) is 10.0 Å². The molecular weight excluding hydrogens is 282 g/mol. The van der Waals surface area contributed by atoms with Crippen LogP contribution in [0.5, 0.6) is 5.88 Å². The van der Waals surface area contributed by atoms with E-state index in [4.69, 9.17) is 16.0 Å². The van der Waals surface area contributed by atoms with E-state index < -0.39 is 0 Å². The average molecular weight is 297 g/mol. The molecule has 0 radical (unpaired) electrons. The van der Waals surface area contributed by atoms with Crippen LogP contribution in [0.4, 0.5) is 17.3 Å². The molecule has 0 saturated heterocycles. The first kappa shape index (κ1) is 13.8. The van der Waals surface area contributed by atoms with Crippen LogP contribution >= 0.6 is 0 Å². The van der Waals surface area contributed by atoms with Crippen LogP contribution in [0.2, 0.25) is 0 Å². The van der Waals surface area contributed by atoms with Crippen molar-refractivity contribution in [1.82, 2.24) is 14.6 Å². The van der Waals surface area contributed by atoms with E-state index in [1.807, 2.05) is 18.2 Å². The number of benzene rings is 1. The minimum absolute atomic E-state index is 0.144. The molecule has 112 valence electrons. The highest BCUT2D eigenvalue weighted by atomic mass is 16.5. The van der Waals surface area contributed by atoms with Crippen molar-refractivity contribution in [2.75, 3.05) is 25.2 Å². The van der Waals surface area contributed by atoms with Crippen molar-refractivity contribution in [3.05, 3.63) is 30.5 Å². The summed E-state index contributed by atoms with van der Waals surface area (Å²) in [4.78, 5) is 4.11. The Balaban J connectivity index is 2.24. The Kier molecular flexibility index (Phi) is 3.34. The molecule has 0 aliphatic carbocycles. The van der Waals surface area contributed by atoms with Gasteiger partial charge in [0, 0.05) is 18.8 Å². The number of hydrogen-bond acceptors (Lipinski definition) is 7. The lowest BCUT2D eigenvalue weighted by Crippen LogP contribution is -2.03. The van der Waals surface area contributed by atoms with Gasteiger partial charge in [-0.05, 0) is 23.8 Å². The number of aromatic nitrogens is 3. The Morgan fingerprint density at radius 2 is 2.18 bits per heavy atom. The number of anilines is 2. The number of ether oxygens (including phenoxy) is 1. The number of methoxy groups -OCH3 is 1. The van der Waals surface area contributed by atoms with Gasteiger partial charge in [0.2, 0.25) is 11.8 Å². The molecule has 0 aliphatic heterocycles. The van der Waals surface area contributed by atoms with Crippen LogP contribution in [0, 0.1) is 5.53 Å². The van der Waals surface area contributed by atoms with E-state index >= 15 is 0 Å². The number of rotatable bonds is 4. The summed E-state index contributed by atoms with van der Waals surface area (Å²) in [5.74, 6) is 0.554. The number of hydrogen-bond donors (Lipinski definition) is 3. The van der Waals surface area contributed by atoms with Gasteiger partial charge < -0.3 is 15.8 Å². The molecule has 8 heteroatoms. The van der Waals surface area contributed by atoms with Crippen molar-refractivity contribution in [2.45, 2.75) is 0 Å². The van der Waals surface area contributed by atoms with E-state index in [0.717, 1.165) is 22.3 Å². The number of nitrogen functional groups attached to an aromatic ring is 1. The van der Waals surface area contributed by atoms with Gasteiger partial charge in [-0.15, -0.1) is 5.10 Å². The lowest BCUT2D eigenvalue weighted by molar-refractivity contribution is 0.400. The van der Waals surface area contributed by atoms with E-state index in [2.05, 4.69) is 20.5 Å². The maximum Gasteiger partial charge on any atom is 0.243 e. The second-order valence-electron chi connectivity index (χ2n) is 4.60. The van der Waals surface area contributed by atoms with E-state index in [9.17, 15) is 0 Å². The van der Waals surface area contributed by atoms with E-state index in [1.54, 1.807) is 30.9 Å². The van der Waals surface area contributed by atoms with Gasteiger partial charge >= 0.3 is 0 Å². The van der Waals surface area contributed by atoms with E-state index in [0.29, 0.717) is 11.6 Å². The summed E-state index contributed by atoms with van der Waals surface area (Å²) in [6.45, 7) is 0. The van der Waals surface area contributed by atoms with Gasteiger partial charge in [0.1, 0.15) is 11.2 Å². The normalized spacial score (nSPS) is 10.6. The molecule has 0 amide bonds. The fourth-order valence-electron chi connectivity index (χ4n) is 2.38. The first-order chi connectivity index (χ1) is 10.7. The summed E-state index contributed by atoms with van der Waals surface area (Å²) in [5.41, 5.74) is 16.8. The molecule has 2 heterocycles. The topological polar surface area (TPSA) is 114 Å². The molecule has 0 unspecified atom stereocenters. The Hall–Kier alpha value is -3.16. The summed E-state index contributed by atoms with van der Waals surface area (Å²) in [5, 5.41) is 10.7. The second-order valence-corrected chi connectivity index (χ2v) is 4.60. The first-order valence-electron chi connectivity index (χ1n) is 6.56. The van der Waals surface area contributed by atoms with Crippen LogP contribution in [0.25, 0.3) is 16.6 Å². The van der Waals surface area contributed by atoms with Crippen LogP contribution in [0.15, 0.2) is 35.6 Å². The maximum absolute atomic E-state index is 7.18. The quantitative estimate of drug-likeness (QED) is 0.641. The van der Waals surface area contributed by atoms with Gasteiger partial charge in [0.15, 0.2) is 0 Å². The molecule has 2 aromatic heterocycles. The first-order valence-corrected chi connectivity index (χ1v) is 6.56. The van der Waals surface area contributed by atoms with Gasteiger partial charge in [0.25, 0.3) is 0 Å². The Labute approximate surface area is 126 Å². The zero-order valence-corrected chi connectivity index (χ0v) is 12.2. The molecule has 0 fully saturated rings. The SMILES string of the molecule is CNc1cc(-c2ccn3nc(N)nc(OC)c23)ccc1N=N. The largest absolute Gasteiger partial charge is 0.479 e. The molecule has 0 spiro atoms. The Morgan fingerprint density at radius 1 is 1.36 bits per heavy atom. The van der Waals surface area contributed by atoms with Crippen molar-refractivity contribution in [3.63, 3.8) is 0 Å². The number of nitrogens with zero attached hydrogens (tertiary/aromatic N) is 4. The second kappa shape index (κ2) is 5.32. The smallest absolute Gasteiger partial charge is 0.243 e. The third-order valence-electron chi connectivity index (χ3n) is 3.39. The predicted octanol–water partition coefficient (Wildman–Crippen LogP) is 2.69. The van der Waals surface area contributed by atoms with Crippen LogP contribution in [0.3, 0.4) is 0 Å². The predicted molar refractivity (Wildman–Crippen MR) is 83.7 cm³/mol. The monoisotopic (exact) mass is 297 g/mol. The van der Waals surface area contributed by atoms with Gasteiger partial charge in [-0.1, -0.05) is 6.07 Å².